The van der Waals surface area contributed by atoms with Crippen molar-refractivity contribution in [2.45, 2.75) is 18.9 Å². The minimum Gasteiger partial charge on any atom is -0.480 e. The zero-order valence-electron chi connectivity index (χ0n) is 8.55. The van der Waals surface area contributed by atoms with Crippen molar-refractivity contribution in [3.05, 3.63) is 23.8 Å². The highest BCUT2D eigenvalue weighted by Crippen LogP contribution is 2.32. The monoisotopic (exact) mass is 217 g/mol. The van der Waals surface area contributed by atoms with Gasteiger partial charge in [0.2, 0.25) is 0 Å². The van der Waals surface area contributed by atoms with Crippen LogP contribution >= 0.6 is 0 Å². The molecule has 0 saturated heterocycles. The number of rotatable bonds is 3. The van der Waals surface area contributed by atoms with Crippen molar-refractivity contribution in [2.24, 2.45) is 11.1 Å². The zero-order valence-corrected chi connectivity index (χ0v) is 8.55. The maximum atomic E-state index is 10.6. The lowest BCUT2D eigenvalue weighted by Crippen LogP contribution is -2.31. The van der Waals surface area contributed by atoms with E-state index in [9.17, 15) is 4.79 Å². The van der Waals surface area contributed by atoms with Crippen LogP contribution in [0, 0.1) is 28.1 Å². The number of carboxylic acids is 1. The molecular formula is C11H11N3O2. The molecule has 3 N–H and O–H groups in total. The Morgan fingerprint density at radius 1 is 1.62 bits per heavy atom. The van der Waals surface area contributed by atoms with Crippen molar-refractivity contribution in [1.82, 2.24) is 0 Å². The predicted molar refractivity (Wildman–Crippen MR) is 55.7 cm³/mol. The topological polar surface area (TPSA) is 111 Å². The van der Waals surface area contributed by atoms with Crippen molar-refractivity contribution in [3.63, 3.8) is 0 Å². The molecule has 0 aromatic heterocycles. The number of carbonyl (C=O) groups is 1. The highest BCUT2D eigenvalue weighted by Gasteiger charge is 2.30. The maximum absolute atomic E-state index is 10.6. The van der Waals surface area contributed by atoms with E-state index in [1.165, 1.54) is 6.08 Å². The largest absolute Gasteiger partial charge is 0.480 e. The molecule has 1 aliphatic rings. The summed E-state index contributed by atoms with van der Waals surface area (Å²) in [5.41, 5.74) is 4.92. The lowest BCUT2D eigenvalue weighted by atomic mass is 9.79. The molecule has 0 aromatic rings. The minimum atomic E-state index is -1.18. The number of aliphatic carboxylic acids is 1. The summed E-state index contributed by atoms with van der Waals surface area (Å²) in [5.74, 6) is -1.09. The van der Waals surface area contributed by atoms with E-state index in [2.05, 4.69) is 0 Å². The van der Waals surface area contributed by atoms with Crippen LogP contribution in [0.15, 0.2) is 23.8 Å². The molecule has 5 heteroatoms. The van der Waals surface area contributed by atoms with Gasteiger partial charge in [0.05, 0.1) is 12.1 Å². The Bertz CT molecular complexity index is 423. The van der Waals surface area contributed by atoms with Crippen LogP contribution in [0.25, 0.3) is 0 Å². The van der Waals surface area contributed by atoms with Crippen molar-refractivity contribution < 1.29 is 9.90 Å². The number of hydrogen-bond donors (Lipinski definition) is 2. The van der Waals surface area contributed by atoms with E-state index in [0.717, 1.165) is 0 Å². The number of nitrogens with two attached hydrogens (primary N) is 1. The number of nitriles is 2. The third-order valence-corrected chi connectivity index (χ3v) is 2.42. The van der Waals surface area contributed by atoms with Gasteiger partial charge in [0.15, 0.2) is 5.41 Å². The second kappa shape index (κ2) is 4.61. The SMILES string of the molecule is N#CC1(C#N)C=CC=C(C[C@H](N)C(=O)O)C1. The Labute approximate surface area is 93.1 Å². The van der Waals surface area contributed by atoms with Crippen LogP contribution in [0.4, 0.5) is 0 Å². The first-order chi connectivity index (χ1) is 7.53. The van der Waals surface area contributed by atoms with Gasteiger partial charge in [0.1, 0.15) is 6.04 Å². The van der Waals surface area contributed by atoms with Crippen LogP contribution in [0.5, 0.6) is 0 Å². The van der Waals surface area contributed by atoms with Crippen molar-refractivity contribution in [1.29, 1.82) is 10.5 Å². The summed E-state index contributed by atoms with van der Waals surface area (Å²) >= 11 is 0. The highest BCUT2D eigenvalue weighted by molar-refractivity contribution is 5.73. The van der Waals surface area contributed by atoms with Crippen LogP contribution in [-0.2, 0) is 4.79 Å². The molecule has 82 valence electrons. The summed E-state index contributed by atoms with van der Waals surface area (Å²) < 4.78 is 0. The molecule has 16 heavy (non-hydrogen) atoms. The molecule has 0 unspecified atom stereocenters. The Morgan fingerprint density at radius 2 is 2.25 bits per heavy atom. The molecule has 0 bridgehead atoms. The van der Waals surface area contributed by atoms with Gasteiger partial charge >= 0.3 is 5.97 Å². The van der Waals surface area contributed by atoms with E-state index in [1.54, 1.807) is 12.2 Å². The van der Waals surface area contributed by atoms with Crippen LogP contribution in [0.2, 0.25) is 0 Å². The highest BCUT2D eigenvalue weighted by atomic mass is 16.4. The lowest BCUT2D eigenvalue weighted by molar-refractivity contribution is -0.138. The van der Waals surface area contributed by atoms with E-state index in [0.29, 0.717) is 5.57 Å². The first-order valence-electron chi connectivity index (χ1n) is 4.71. The van der Waals surface area contributed by atoms with Gasteiger partial charge in [0, 0.05) is 6.42 Å². The van der Waals surface area contributed by atoms with Gasteiger partial charge in [-0.05, 0) is 12.5 Å². The van der Waals surface area contributed by atoms with Crippen molar-refractivity contribution in [2.75, 3.05) is 0 Å². The molecule has 0 radical (unpaired) electrons. The zero-order chi connectivity index (χ0) is 12.2. The molecule has 0 aliphatic heterocycles. The molecule has 0 spiro atoms. The van der Waals surface area contributed by atoms with Crippen molar-refractivity contribution in [3.8, 4) is 12.1 Å². The molecule has 0 aromatic carbocycles. The second-order valence-corrected chi connectivity index (χ2v) is 3.70. The summed E-state index contributed by atoms with van der Waals surface area (Å²) in [5, 5.41) is 26.5. The lowest BCUT2D eigenvalue weighted by Gasteiger charge is -2.20. The second-order valence-electron chi connectivity index (χ2n) is 3.70. The van der Waals surface area contributed by atoms with E-state index in [1.807, 2.05) is 12.1 Å². The summed E-state index contributed by atoms with van der Waals surface area (Å²) in [4.78, 5) is 10.6. The summed E-state index contributed by atoms with van der Waals surface area (Å²) in [6, 6.07) is 2.85. The first kappa shape index (κ1) is 12.0. The summed E-state index contributed by atoms with van der Waals surface area (Å²) in [7, 11) is 0. The number of carboxylic acid groups (broad SMARTS) is 1. The maximum Gasteiger partial charge on any atom is 0.320 e. The summed E-state index contributed by atoms with van der Waals surface area (Å²) in [6.07, 6.45) is 5.20. The quantitative estimate of drug-likeness (QED) is 0.723. The Hall–Kier alpha value is -2.11. The first-order valence-corrected chi connectivity index (χ1v) is 4.71. The van der Waals surface area contributed by atoms with E-state index < -0.39 is 17.4 Å². The van der Waals surface area contributed by atoms with Gasteiger partial charge in [-0.2, -0.15) is 10.5 Å². The average molecular weight is 217 g/mol. The van der Waals surface area contributed by atoms with Gasteiger partial charge in [-0.15, -0.1) is 0 Å². The van der Waals surface area contributed by atoms with Gasteiger partial charge in [-0.25, -0.2) is 0 Å². The molecule has 1 rings (SSSR count). The minimum absolute atomic E-state index is 0.158. The van der Waals surface area contributed by atoms with Crippen LogP contribution in [0.1, 0.15) is 12.8 Å². The molecule has 5 nitrogen and oxygen atoms in total. The average Bonchev–Trinajstić information content (AvgIpc) is 2.29. The van der Waals surface area contributed by atoms with Gasteiger partial charge in [-0.1, -0.05) is 17.7 Å². The van der Waals surface area contributed by atoms with Gasteiger partial charge in [-0.3, -0.25) is 4.79 Å². The van der Waals surface area contributed by atoms with Crippen LogP contribution in [-0.4, -0.2) is 17.1 Å². The number of nitrogens with zero attached hydrogens (tertiary/aromatic N) is 2. The normalized spacial score (nSPS) is 19.1. The standard InChI is InChI=1S/C11H11N3O2/c12-6-11(7-13)3-1-2-8(5-11)4-9(14)10(15)16/h1-3,9H,4-5,14H2,(H,15,16)/t9-/m0/s1. The third-order valence-electron chi connectivity index (χ3n) is 2.42. The molecule has 0 saturated carbocycles. The Kier molecular flexibility index (Phi) is 3.44. The Morgan fingerprint density at radius 3 is 2.75 bits per heavy atom. The van der Waals surface area contributed by atoms with Crippen LogP contribution in [0.3, 0.4) is 0 Å². The Balaban J connectivity index is 2.78. The molecule has 1 aliphatic carbocycles. The summed E-state index contributed by atoms with van der Waals surface area (Å²) in [6.45, 7) is 0. The molecule has 0 amide bonds. The molecule has 1 atom stereocenters. The fourth-order valence-electron chi connectivity index (χ4n) is 1.51. The van der Waals surface area contributed by atoms with Crippen molar-refractivity contribution >= 4 is 5.97 Å². The van der Waals surface area contributed by atoms with E-state index in [4.69, 9.17) is 21.4 Å². The van der Waals surface area contributed by atoms with Gasteiger partial charge in [0.25, 0.3) is 0 Å². The molecule has 0 heterocycles. The van der Waals surface area contributed by atoms with Crippen LogP contribution < -0.4 is 5.73 Å². The molecular weight excluding hydrogens is 206 g/mol. The smallest absolute Gasteiger partial charge is 0.320 e. The number of allylic oxidation sites excluding steroid dienone is 3. The van der Waals surface area contributed by atoms with E-state index >= 15 is 0 Å². The fourth-order valence-corrected chi connectivity index (χ4v) is 1.51. The number of hydrogen-bond acceptors (Lipinski definition) is 4. The van der Waals surface area contributed by atoms with E-state index in [-0.39, 0.29) is 12.8 Å². The fraction of sp³-hybridized carbons (Fsp3) is 0.364. The molecule has 0 fully saturated rings. The van der Waals surface area contributed by atoms with Gasteiger partial charge < -0.3 is 10.8 Å². The third kappa shape index (κ3) is 2.47. The predicted octanol–water partition coefficient (Wildman–Crippen LogP) is 0.708.